The molecule has 0 aromatic rings. The minimum Gasteiger partial charge on any atom is -0.481 e. The molecule has 0 unspecified atom stereocenters. The van der Waals surface area contributed by atoms with Gasteiger partial charge in [-0.2, -0.15) is 0 Å². The number of carboxylic acid groups (broad SMARTS) is 1. The monoisotopic (exact) mass is 354 g/mol. The Balaban J connectivity index is 1.86. The van der Waals surface area contributed by atoms with Crippen molar-refractivity contribution in [3.05, 3.63) is 0 Å². The van der Waals surface area contributed by atoms with E-state index in [0.717, 1.165) is 32.5 Å². The van der Waals surface area contributed by atoms with E-state index in [-0.39, 0.29) is 5.91 Å². The molecule has 0 aliphatic carbocycles. The van der Waals surface area contributed by atoms with Crippen molar-refractivity contribution in [2.45, 2.75) is 57.8 Å². The molecular formula is C19H34N2O4. The summed E-state index contributed by atoms with van der Waals surface area (Å²) in [7, 11) is 1.63. The van der Waals surface area contributed by atoms with Gasteiger partial charge in [0.05, 0.1) is 5.41 Å². The molecule has 1 N–H and O–H groups in total. The molecule has 0 bridgehead atoms. The van der Waals surface area contributed by atoms with Crippen LogP contribution >= 0.6 is 0 Å². The van der Waals surface area contributed by atoms with Crippen LogP contribution < -0.4 is 0 Å². The van der Waals surface area contributed by atoms with Crippen LogP contribution in [0.3, 0.4) is 0 Å². The Kier molecular flexibility index (Phi) is 8.16. The highest BCUT2D eigenvalue weighted by Crippen LogP contribution is 2.35. The van der Waals surface area contributed by atoms with Crippen molar-refractivity contribution < 1.29 is 19.4 Å². The lowest BCUT2D eigenvalue weighted by Gasteiger charge is -2.40. The molecule has 0 aromatic carbocycles. The first-order valence-electron chi connectivity index (χ1n) is 9.80. The van der Waals surface area contributed by atoms with Gasteiger partial charge in [-0.3, -0.25) is 9.59 Å². The van der Waals surface area contributed by atoms with Gasteiger partial charge in [0.1, 0.15) is 0 Å². The minimum atomic E-state index is -0.797. The number of methoxy groups -OCH3 is 1. The largest absolute Gasteiger partial charge is 0.481 e. The zero-order valence-corrected chi connectivity index (χ0v) is 15.7. The number of ether oxygens (including phenoxy) is 1. The fourth-order valence-electron chi connectivity index (χ4n) is 4.16. The first kappa shape index (κ1) is 20.2. The van der Waals surface area contributed by atoms with Crippen LogP contribution in [0.5, 0.6) is 0 Å². The van der Waals surface area contributed by atoms with Gasteiger partial charge in [-0.1, -0.05) is 12.8 Å². The summed E-state index contributed by atoms with van der Waals surface area (Å²) in [6.45, 7) is 4.59. The molecular weight excluding hydrogens is 320 g/mol. The van der Waals surface area contributed by atoms with Gasteiger partial charge in [-0.15, -0.1) is 0 Å². The molecule has 0 radical (unpaired) electrons. The lowest BCUT2D eigenvalue weighted by atomic mass is 9.76. The highest BCUT2D eigenvalue weighted by atomic mass is 16.5. The normalized spacial score (nSPS) is 25.6. The van der Waals surface area contributed by atoms with Crippen LogP contribution in [0.4, 0.5) is 0 Å². The van der Waals surface area contributed by atoms with Gasteiger partial charge < -0.3 is 19.6 Å². The Morgan fingerprint density at radius 2 is 1.80 bits per heavy atom. The summed E-state index contributed by atoms with van der Waals surface area (Å²) >= 11 is 0. The van der Waals surface area contributed by atoms with Crippen molar-refractivity contribution in [2.24, 2.45) is 5.41 Å². The maximum Gasteiger partial charge on any atom is 0.311 e. The van der Waals surface area contributed by atoms with Gasteiger partial charge in [-0.05, 0) is 51.6 Å². The lowest BCUT2D eigenvalue weighted by Crippen LogP contribution is -2.50. The fourth-order valence-corrected chi connectivity index (χ4v) is 4.16. The summed E-state index contributed by atoms with van der Waals surface area (Å²) in [5, 5.41) is 9.77. The second-order valence-electron chi connectivity index (χ2n) is 7.61. The van der Waals surface area contributed by atoms with Crippen molar-refractivity contribution >= 4 is 11.9 Å². The molecule has 2 heterocycles. The Hall–Kier alpha value is -1.14. The Morgan fingerprint density at radius 3 is 2.44 bits per heavy atom. The molecule has 2 aliphatic rings. The number of rotatable bonds is 8. The Bertz CT molecular complexity index is 435. The van der Waals surface area contributed by atoms with Crippen LogP contribution in [0.25, 0.3) is 0 Å². The van der Waals surface area contributed by atoms with E-state index in [2.05, 4.69) is 4.90 Å². The predicted octanol–water partition coefficient (Wildman–Crippen LogP) is 2.37. The van der Waals surface area contributed by atoms with Gasteiger partial charge in [0, 0.05) is 39.8 Å². The standard InChI is InChI=1S/C19H34N2O4/c1-25-15-7-10-19(18(23)24)9-6-13-21(16-19)17(22)8-14-20-11-4-2-3-5-12-20/h2-16H2,1H3,(H,23,24)/t19-/m1/s1. The van der Waals surface area contributed by atoms with Crippen molar-refractivity contribution in [3.63, 3.8) is 0 Å². The number of aliphatic carboxylic acids is 1. The molecule has 2 fully saturated rings. The van der Waals surface area contributed by atoms with Crippen molar-refractivity contribution in [1.82, 2.24) is 9.80 Å². The van der Waals surface area contributed by atoms with Crippen molar-refractivity contribution in [3.8, 4) is 0 Å². The van der Waals surface area contributed by atoms with Crippen LogP contribution in [0, 0.1) is 5.41 Å². The molecule has 0 aromatic heterocycles. The van der Waals surface area contributed by atoms with Gasteiger partial charge in [0.15, 0.2) is 0 Å². The molecule has 1 amide bonds. The number of hydrogen-bond acceptors (Lipinski definition) is 4. The van der Waals surface area contributed by atoms with Gasteiger partial charge in [0.2, 0.25) is 5.91 Å². The first-order valence-corrected chi connectivity index (χ1v) is 9.80. The molecule has 2 aliphatic heterocycles. The molecule has 0 spiro atoms. The highest BCUT2D eigenvalue weighted by Gasteiger charge is 2.42. The summed E-state index contributed by atoms with van der Waals surface area (Å²) in [5.41, 5.74) is -0.797. The molecule has 2 saturated heterocycles. The van der Waals surface area contributed by atoms with Crippen molar-refractivity contribution in [1.29, 1.82) is 0 Å². The molecule has 1 atom stereocenters. The van der Waals surface area contributed by atoms with E-state index in [1.54, 1.807) is 12.0 Å². The molecule has 6 nitrogen and oxygen atoms in total. The Morgan fingerprint density at radius 1 is 1.08 bits per heavy atom. The third kappa shape index (κ3) is 5.96. The van der Waals surface area contributed by atoms with Gasteiger partial charge in [-0.25, -0.2) is 0 Å². The third-order valence-corrected chi connectivity index (χ3v) is 5.73. The van der Waals surface area contributed by atoms with E-state index in [1.807, 2.05) is 0 Å². The number of hydrogen-bond donors (Lipinski definition) is 1. The second-order valence-corrected chi connectivity index (χ2v) is 7.61. The predicted molar refractivity (Wildman–Crippen MR) is 96.5 cm³/mol. The quantitative estimate of drug-likeness (QED) is 0.678. The fraction of sp³-hybridized carbons (Fsp3) is 0.895. The SMILES string of the molecule is COCCC[C@]1(C(=O)O)CCCN(C(=O)CCN2CCCCCC2)C1. The summed E-state index contributed by atoms with van der Waals surface area (Å²) < 4.78 is 5.07. The number of carboxylic acids is 1. The van der Waals surface area contributed by atoms with Crippen LogP contribution in [0.2, 0.25) is 0 Å². The first-order chi connectivity index (χ1) is 12.1. The number of carbonyl (C=O) groups excluding carboxylic acids is 1. The molecule has 6 heteroatoms. The maximum absolute atomic E-state index is 12.6. The number of likely N-dealkylation sites (tertiary alicyclic amines) is 2. The van der Waals surface area contributed by atoms with E-state index in [9.17, 15) is 14.7 Å². The van der Waals surface area contributed by atoms with Crippen LogP contribution in [-0.2, 0) is 14.3 Å². The van der Waals surface area contributed by atoms with E-state index in [4.69, 9.17) is 4.74 Å². The number of nitrogens with zero attached hydrogens (tertiary/aromatic N) is 2. The van der Waals surface area contributed by atoms with E-state index in [0.29, 0.717) is 39.0 Å². The van der Waals surface area contributed by atoms with Gasteiger partial charge >= 0.3 is 5.97 Å². The number of piperidine rings is 1. The minimum absolute atomic E-state index is 0.112. The van der Waals surface area contributed by atoms with Crippen molar-refractivity contribution in [2.75, 3.05) is 46.4 Å². The zero-order chi connectivity index (χ0) is 18.1. The summed E-state index contributed by atoms with van der Waals surface area (Å²) in [6, 6.07) is 0. The highest BCUT2D eigenvalue weighted by molar-refractivity contribution is 5.79. The van der Waals surface area contributed by atoms with E-state index >= 15 is 0 Å². The lowest BCUT2D eigenvalue weighted by molar-refractivity contribution is -0.155. The van der Waals surface area contributed by atoms with E-state index < -0.39 is 11.4 Å². The van der Waals surface area contributed by atoms with Crippen LogP contribution in [0.15, 0.2) is 0 Å². The summed E-state index contributed by atoms with van der Waals surface area (Å²) in [5.74, 6) is -0.657. The maximum atomic E-state index is 12.6. The van der Waals surface area contributed by atoms with Gasteiger partial charge in [0.25, 0.3) is 0 Å². The van der Waals surface area contributed by atoms with E-state index in [1.165, 1.54) is 25.7 Å². The summed E-state index contributed by atoms with van der Waals surface area (Å²) in [4.78, 5) is 28.7. The summed E-state index contributed by atoms with van der Waals surface area (Å²) in [6.07, 6.45) is 8.26. The third-order valence-electron chi connectivity index (χ3n) is 5.73. The second kappa shape index (κ2) is 10.1. The Labute approximate surface area is 151 Å². The van der Waals surface area contributed by atoms with Crippen LogP contribution in [-0.4, -0.2) is 73.2 Å². The average molecular weight is 354 g/mol. The molecule has 0 saturated carbocycles. The zero-order valence-electron chi connectivity index (χ0n) is 15.7. The average Bonchev–Trinajstić information content (AvgIpc) is 2.89. The molecule has 25 heavy (non-hydrogen) atoms. The molecule has 2 rings (SSSR count). The number of amides is 1. The molecule has 144 valence electrons. The smallest absolute Gasteiger partial charge is 0.311 e. The topological polar surface area (TPSA) is 70.1 Å². The number of carbonyl (C=O) groups is 2. The van der Waals surface area contributed by atoms with Crippen LogP contribution in [0.1, 0.15) is 57.8 Å².